The minimum Gasteiger partial charge on any atom is -0.480 e. The van der Waals surface area contributed by atoms with Crippen LogP contribution in [0.4, 0.5) is 0 Å². The fourth-order valence-corrected chi connectivity index (χ4v) is 4.97. The summed E-state index contributed by atoms with van der Waals surface area (Å²) < 4.78 is 0. The predicted molar refractivity (Wildman–Crippen MR) is 171 cm³/mol. The van der Waals surface area contributed by atoms with Gasteiger partial charge in [-0.1, -0.05) is 0 Å². The number of hydrogen-bond acceptors (Lipinski definition) is 10. The summed E-state index contributed by atoms with van der Waals surface area (Å²) in [6.45, 7) is 2.35. The molecule has 0 aromatic carbocycles. The molecule has 0 saturated carbocycles. The zero-order valence-electron chi connectivity index (χ0n) is 26.7. The molecule has 0 radical (unpaired) electrons. The first-order valence-electron chi connectivity index (χ1n) is 15.8. The molecule has 46 heavy (non-hydrogen) atoms. The molecule has 1 rings (SSSR count). The molecule has 18 nitrogen and oxygen atoms in total. The Kier molecular flexibility index (Phi) is 18.8. The Bertz CT molecular complexity index is 1050. The van der Waals surface area contributed by atoms with Gasteiger partial charge >= 0.3 is 5.97 Å². The van der Waals surface area contributed by atoms with Crippen LogP contribution in [0.3, 0.4) is 0 Å². The van der Waals surface area contributed by atoms with Crippen LogP contribution >= 0.6 is 0 Å². The number of aliphatic carboxylic acids is 1. The van der Waals surface area contributed by atoms with E-state index in [1.807, 2.05) is 0 Å². The van der Waals surface area contributed by atoms with Crippen molar-refractivity contribution in [2.45, 2.75) is 101 Å². The number of carboxylic acid groups (broad SMARTS) is 1. The molecule has 0 unspecified atom stereocenters. The Morgan fingerprint density at radius 3 is 1.98 bits per heavy atom. The number of guanidine groups is 1. The van der Waals surface area contributed by atoms with Gasteiger partial charge < -0.3 is 59.9 Å². The lowest BCUT2D eigenvalue weighted by Gasteiger charge is -2.30. The van der Waals surface area contributed by atoms with Gasteiger partial charge in [0.2, 0.25) is 29.5 Å². The molecule has 0 aromatic heterocycles. The normalized spacial score (nSPS) is 16.8. The van der Waals surface area contributed by atoms with E-state index < -0.39 is 65.7 Å². The quantitative estimate of drug-likeness (QED) is 0.0306. The summed E-state index contributed by atoms with van der Waals surface area (Å²) in [5, 5.41) is 19.9. The van der Waals surface area contributed by atoms with Gasteiger partial charge in [-0.15, -0.1) is 0 Å². The monoisotopic (exact) mass is 655 g/mol. The fourth-order valence-electron chi connectivity index (χ4n) is 4.97. The number of carbonyl (C=O) groups excluding carboxylic acids is 5. The van der Waals surface area contributed by atoms with E-state index in [1.165, 1.54) is 11.8 Å². The van der Waals surface area contributed by atoms with Gasteiger partial charge in [-0.05, 0) is 84.2 Å². The summed E-state index contributed by atoms with van der Waals surface area (Å²) >= 11 is 0. The lowest BCUT2D eigenvalue weighted by atomic mass is 10.1. The third-order valence-electron chi connectivity index (χ3n) is 7.50. The van der Waals surface area contributed by atoms with Crippen LogP contribution in [0, 0.1) is 0 Å². The molecule has 1 aliphatic heterocycles. The maximum atomic E-state index is 13.7. The SMILES string of the molecule is C[C@H](NC(=O)[C@H](CCCCN)NC(=O)CN)C(=O)N[C@@H](CCCCN)C(=O)N1CCC[C@H]1C(=O)N[C@@H](CCCN=C(N)N)C(=O)O. The van der Waals surface area contributed by atoms with Crippen molar-refractivity contribution in [1.82, 2.24) is 26.2 Å². The Balaban J connectivity index is 2.98. The minimum absolute atomic E-state index is 0.0731. The Morgan fingerprint density at radius 2 is 1.41 bits per heavy atom. The molecule has 18 heteroatoms. The molecule has 0 bridgehead atoms. The first-order chi connectivity index (χ1) is 21.9. The highest BCUT2D eigenvalue weighted by molar-refractivity contribution is 5.96. The van der Waals surface area contributed by atoms with Gasteiger partial charge in [-0.2, -0.15) is 0 Å². The van der Waals surface area contributed by atoms with Gasteiger partial charge in [0.05, 0.1) is 6.54 Å². The molecular weight excluding hydrogens is 602 g/mol. The second kappa shape index (κ2) is 21.7. The molecule has 1 fully saturated rings. The second-order valence-electron chi connectivity index (χ2n) is 11.2. The van der Waals surface area contributed by atoms with Crippen molar-refractivity contribution >= 4 is 41.5 Å². The van der Waals surface area contributed by atoms with E-state index in [9.17, 15) is 33.9 Å². The highest BCUT2D eigenvalue weighted by atomic mass is 16.4. The van der Waals surface area contributed by atoms with Gasteiger partial charge in [-0.3, -0.25) is 29.0 Å². The highest BCUT2D eigenvalue weighted by Crippen LogP contribution is 2.20. The number of carboxylic acids is 1. The van der Waals surface area contributed by atoms with Gasteiger partial charge in [0, 0.05) is 13.1 Å². The molecule has 5 atom stereocenters. The van der Waals surface area contributed by atoms with Crippen molar-refractivity contribution in [2.75, 3.05) is 32.7 Å². The molecule has 5 amide bonds. The van der Waals surface area contributed by atoms with Crippen molar-refractivity contribution in [3.05, 3.63) is 0 Å². The zero-order chi connectivity index (χ0) is 34.6. The van der Waals surface area contributed by atoms with E-state index in [0.717, 1.165) is 0 Å². The standard InChI is InChI=1S/C28H53N11O7/c1-17(35-24(42)18(8-2-4-12-29)36-22(40)16-31)23(41)37-19(9-3-5-13-30)26(44)39-15-7-11-21(39)25(43)38-20(27(45)46)10-6-14-34-28(32)33/h17-21H,2-16,29-31H2,1H3,(H,35,42)(H,36,40)(H,37,41)(H,38,43)(H,45,46)(H4,32,33,34)/t17-,18-,19-,20-,21-/m0/s1. The second-order valence-corrected chi connectivity index (χ2v) is 11.2. The molecule has 0 aromatic rings. The third-order valence-corrected chi connectivity index (χ3v) is 7.50. The van der Waals surface area contributed by atoms with E-state index in [0.29, 0.717) is 64.5 Å². The summed E-state index contributed by atoms with van der Waals surface area (Å²) in [6.07, 6.45) is 4.00. The summed E-state index contributed by atoms with van der Waals surface area (Å²) in [7, 11) is 0. The highest BCUT2D eigenvalue weighted by Gasteiger charge is 2.39. The van der Waals surface area contributed by atoms with Crippen molar-refractivity contribution in [3.8, 4) is 0 Å². The number of nitrogens with two attached hydrogens (primary N) is 5. The number of unbranched alkanes of at least 4 members (excludes halogenated alkanes) is 2. The molecular formula is C28H53N11O7. The largest absolute Gasteiger partial charge is 0.480 e. The van der Waals surface area contributed by atoms with Crippen molar-refractivity contribution in [3.63, 3.8) is 0 Å². The van der Waals surface area contributed by atoms with E-state index >= 15 is 0 Å². The number of rotatable bonds is 22. The smallest absolute Gasteiger partial charge is 0.326 e. The van der Waals surface area contributed by atoms with Crippen LogP contribution in [0.5, 0.6) is 0 Å². The van der Waals surface area contributed by atoms with Crippen molar-refractivity contribution in [2.24, 2.45) is 33.7 Å². The van der Waals surface area contributed by atoms with Gasteiger partial charge in [0.15, 0.2) is 5.96 Å². The molecule has 262 valence electrons. The van der Waals surface area contributed by atoms with Crippen LogP contribution in [0.15, 0.2) is 4.99 Å². The first kappa shape index (κ1) is 40.0. The predicted octanol–water partition coefficient (Wildman–Crippen LogP) is -3.71. The fraction of sp³-hybridized carbons (Fsp3) is 0.750. The summed E-state index contributed by atoms with van der Waals surface area (Å²) in [6, 6.07) is -5.17. The Hall–Kier alpha value is -4.03. The first-order valence-corrected chi connectivity index (χ1v) is 15.8. The number of likely N-dealkylation sites (tertiary alicyclic amines) is 1. The van der Waals surface area contributed by atoms with Crippen LogP contribution in [0.1, 0.15) is 71.1 Å². The van der Waals surface area contributed by atoms with Crippen molar-refractivity contribution in [1.29, 1.82) is 0 Å². The van der Waals surface area contributed by atoms with Gasteiger partial charge in [0.25, 0.3) is 0 Å². The Labute approximate surface area is 269 Å². The van der Waals surface area contributed by atoms with Gasteiger partial charge in [0.1, 0.15) is 30.2 Å². The van der Waals surface area contributed by atoms with Crippen molar-refractivity contribution < 1.29 is 33.9 Å². The van der Waals surface area contributed by atoms with Crippen LogP contribution in [0.2, 0.25) is 0 Å². The van der Waals surface area contributed by atoms with Crippen LogP contribution < -0.4 is 49.9 Å². The average molecular weight is 656 g/mol. The molecule has 1 heterocycles. The molecule has 0 spiro atoms. The summed E-state index contributed by atoms with van der Waals surface area (Å²) in [5.41, 5.74) is 27.1. The lowest BCUT2D eigenvalue weighted by molar-refractivity contribution is -0.145. The summed E-state index contributed by atoms with van der Waals surface area (Å²) in [4.78, 5) is 81.8. The van der Waals surface area contributed by atoms with E-state index in [2.05, 4.69) is 26.3 Å². The van der Waals surface area contributed by atoms with E-state index in [-0.39, 0.29) is 38.4 Å². The average Bonchev–Trinajstić information content (AvgIpc) is 3.51. The number of carbonyl (C=O) groups is 6. The van der Waals surface area contributed by atoms with E-state index in [4.69, 9.17) is 28.7 Å². The topological polar surface area (TPSA) is 316 Å². The third kappa shape index (κ3) is 14.4. The molecule has 1 saturated heterocycles. The maximum Gasteiger partial charge on any atom is 0.326 e. The molecule has 15 N–H and O–H groups in total. The van der Waals surface area contributed by atoms with Crippen LogP contribution in [0.25, 0.3) is 0 Å². The summed E-state index contributed by atoms with van der Waals surface area (Å²) in [5.74, 6) is -4.24. The number of nitrogens with one attached hydrogen (secondary N) is 4. The number of amides is 5. The molecule has 0 aliphatic carbocycles. The number of hydrogen-bond donors (Lipinski definition) is 10. The Morgan fingerprint density at radius 1 is 0.804 bits per heavy atom. The number of aliphatic imine (C=N–C) groups is 1. The lowest BCUT2D eigenvalue weighted by Crippen LogP contribution is -2.58. The van der Waals surface area contributed by atoms with E-state index in [1.54, 1.807) is 0 Å². The number of nitrogens with zero attached hydrogens (tertiary/aromatic N) is 2. The minimum atomic E-state index is -1.24. The molecule has 1 aliphatic rings. The van der Waals surface area contributed by atoms with Crippen LogP contribution in [-0.2, 0) is 28.8 Å². The van der Waals surface area contributed by atoms with Gasteiger partial charge in [-0.25, -0.2) is 4.79 Å². The maximum absolute atomic E-state index is 13.7. The van der Waals surface area contributed by atoms with Crippen LogP contribution in [-0.4, -0.2) is 114 Å². The zero-order valence-corrected chi connectivity index (χ0v) is 26.7.